The molecule has 8 nitrogen and oxygen atoms in total. The molecule has 0 aliphatic rings. The van der Waals surface area contributed by atoms with E-state index >= 15 is 0 Å². The molecule has 1 aromatic heterocycles. The molecule has 4 N–H and O–H groups in total. The molecule has 3 atom stereocenters. The highest BCUT2D eigenvalue weighted by Gasteiger charge is 2.22. The number of alkyl carbamates (subject to hydrolysis) is 1. The van der Waals surface area contributed by atoms with Crippen molar-refractivity contribution in [2.24, 2.45) is 0 Å². The summed E-state index contributed by atoms with van der Waals surface area (Å²) >= 11 is 0. The van der Waals surface area contributed by atoms with Gasteiger partial charge in [0.25, 0.3) is 0 Å². The van der Waals surface area contributed by atoms with Crippen LogP contribution in [0.2, 0.25) is 0 Å². The number of pyridine rings is 1. The molecular weight excluding hydrogens is 410 g/mol. The number of carboxylic acid groups (broad SMARTS) is 1. The number of rotatable bonds is 7. The number of aromatic nitrogens is 1. The maximum Gasteiger partial charge on any atom is 0.408 e. The fraction of sp³-hybridized carbons (Fsp3) is 0.458. The van der Waals surface area contributed by atoms with E-state index < -0.39 is 29.8 Å². The fourth-order valence-electron chi connectivity index (χ4n) is 2.66. The first-order valence-corrected chi connectivity index (χ1v) is 10.5. The quantitative estimate of drug-likeness (QED) is 0.512. The lowest BCUT2D eigenvalue weighted by Crippen LogP contribution is -2.35. The number of benzene rings is 1. The van der Waals surface area contributed by atoms with E-state index in [4.69, 9.17) is 9.84 Å². The number of nitrogens with zero attached hydrogens (tertiary/aromatic N) is 1. The smallest absolute Gasteiger partial charge is 0.408 e. The second-order valence-electron chi connectivity index (χ2n) is 8.46. The van der Waals surface area contributed by atoms with Crippen LogP contribution in [0.3, 0.4) is 0 Å². The third kappa shape index (κ3) is 10.4. The Labute approximate surface area is 190 Å². The lowest BCUT2D eigenvalue weighted by atomic mass is 10.0. The molecule has 0 saturated carbocycles. The SMILES string of the molecule is CN[C@H](C)[C@H](O)c1ccccc1.Cc1ccc([C@H](CC(=O)O)NC(=O)OC(C)(C)C)cn1. The topological polar surface area (TPSA) is 121 Å². The minimum Gasteiger partial charge on any atom is -0.481 e. The number of carbonyl (C=O) groups excluding carboxylic acids is 1. The van der Waals surface area contributed by atoms with Crippen LogP contribution in [0.25, 0.3) is 0 Å². The third-order valence-corrected chi connectivity index (χ3v) is 4.48. The number of aryl methyl sites for hydroxylation is 1. The summed E-state index contributed by atoms with van der Waals surface area (Å²) in [7, 11) is 1.84. The first-order valence-electron chi connectivity index (χ1n) is 10.5. The lowest BCUT2D eigenvalue weighted by molar-refractivity contribution is -0.137. The fourth-order valence-corrected chi connectivity index (χ4v) is 2.66. The Hall–Kier alpha value is -2.97. The predicted octanol–water partition coefficient (Wildman–Crippen LogP) is 3.76. The number of amides is 1. The summed E-state index contributed by atoms with van der Waals surface area (Å²) in [6.07, 6.45) is 0.255. The van der Waals surface area contributed by atoms with E-state index in [2.05, 4.69) is 15.6 Å². The summed E-state index contributed by atoms with van der Waals surface area (Å²) in [5.41, 5.74) is 1.77. The molecule has 0 spiro atoms. The molecule has 0 aliphatic heterocycles. The zero-order valence-electron chi connectivity index (χ0n) is 19.6. The van der Waals surface area contributed by atoms with E-state index in [0.29, 0.717) is 5.56 Å². The number of hydrogen-bond acceptors (Lipinski definition) is 6. The van der Waals surface area contributed by atoms with E-state index in [-0.39, 0.29) is 12.5 Å². The maximum atomic E-state index is 11.7. The molecule has 2 aromatic rings. The monoisotopic (exact) mass is 445 g/mol. The summed E-state index contributed by atoms with van der Waals surface area (Å²) < 4.78 is 5.13. The Morgan fingerprint density at radius 2 is 1.72 bits per heavy atom. The molecule has 32 heavy (non-hydrogen) atoms. The van der Waals surface area contributed by atoms with Crippen LogP contribution >= 0.6 is 0 Å². The number of carboxylic acids is 1. The summed E-state index contributed by atoms with van der Waals surface area (Å²) in [6.45, 7) is 9.01. The molecule has 0 unspecified atom stereocenters. The molecule has 1 heterocycles. The second kappa shape index (κ2) is 12.8. The van der Waals surface area contributed by atoms with Gasteiger partial charge in [0, 0.05) is 17.9 Å². The Kier molecular flexibility index (Phi) is 10.8. The van der Waals surface area contributed by atoms with E-state index in [1.165, 1.54) is 0 Å². The van der Waals surface area contributed by atoms with Gasteiger partial charge in [0.2, 0.25) is 0 Å². The van der Waals surface area contributed by atoms with Gasteiger partial charge in [0.05, 0.1) is 18.6 Å². The summed E-state index contributed by atoms with van der Waals surface area (Å²) in [5, 5.41) is 24.2. The van der Waals surface area contributed by atoms with Crippen molar-refractivity contribution in [3.8, 4) is 0 Å². The highest BCUT2D eigenvalue weighted by atomic mass is 16.6. The Balaban J connectivity index is 0.000000363. The van der Waals surface area contributed by atoms with Crippen molar-refractivity contribution in [3.05, 3.63) is 65.5 Å². The minimum absolute atomic E-state index is 0.0902. The highest BCUT2D eigenvalue weighted by Crippen LogP contribution is 2.18. The molecule has 2 rings (SSSR count). The number of aliphatic hydroxyl groups excluding tert-OH is 1. The third-order valence-electron chi connectivity index (χ3n) is 4.48. The normalized spacial score (nSPS) is 13.7. The Bertz CT molecular complexity index is 835. The van der Waals surface area contributed by atoms with E-state index in [0.717, 1.165) is 11.3 Å². The average Bonchev–Trinajstić information content (AvgIpc) is 2.72. The predicted molar refractivity (Wildman–Crippen MR) is 123 cm³/mol. The zero-order valence-corrected chi connectivity index (χ0v) is 19.6. The van der Waals surface area contributed by atoms with Crippen molar-refractivity contribution in [3.63, 3.8) is 0 Å². The molecular formula is C24H35N3O5. The number of aliphatic carboxylic acids is 1. The molecule has 176 valence electrons. The second-order valence-corrected chi connectivity index (χ2v) is 8.46. The molecule has 0 fully saturated rings. The Morgan fingerprint density at radius 3 is 2.19 bits per heavy atom. The largest absolute Gasteiger partial charge is 0.481 e. The van der Waals surface area contributed by atoms with Crippen LogP contribution in [0.15, 0.2) is 48.7 Å². The maximum absolute atomic E-state index is 11.7. The molecule has 0 aliphatic carbocycles. The van der Waals surface area contributed by atoms with Crippen molar-refractivity contribution >= 4 is 12.1 Å². The summed E-state index contributed by atoms with van der Waals surface area (Å²) in [4.78, 5) is 26.8. The van der Waals surface area contributed by atoms with Gasteiger partial charge in [0.15, 0.2) is 0 Å². The van der Waals surface area contributed by atoms with Crippen LogP contribution < -0.4 is 10.6 Å². The molecule has 1 amide bonds. The van der Waals surface area contributed by atoms with Gasteiger partial charge in [-0.15, -0.1) is 0 Å². The number of nitrogens with one attached hydrogen (secondary N) is 2. The lowest BCUT2D eigenvalue weighted by Gasteiger charge is -2.23. The van der Waals surface area contributed by atoms with Gasteiger partial charge in [0.1, 0.15) is 5.60 Å². The first kappa shape index (κ1) is 27.1. The van der Waals surface area contributed by atoms with Crippen LogP contribution in [-0.4, -0.2) is 46.0 Å². The van der Waals surface area contributed by atoms with Crippen LogP contribution in [0.5, 0.6) is 0 Å². The number of aliphatic hydroxyl groups is 1. The van der Waals surface area contributed by atoms with Crippen molar-refractivity contribution in [2.75, 3.05) is 7.05 Å². The molecule has 1 aromatic carbocycles. The van der Waals surface area contributed by atoms with Gasteiger partial charge < -0.3 is 25.6 Å². The van der Waals surface area contributed by atoms with Crippen LogP contribution in [0.4, 0.5) is 4.79 Å². The van der Waals surface area contributed by atoms with Crippen molar-refractivity contribution in [1.82, 2.24) is 15.6 Å². The number of ether oxygens (including phenoxy) is 1. The summed E-state index contributed by atoms with van der Waals surface area (Å²) in [5.74, 6) is -1.01. The van der Waals surface area contributed by atoms with Crippen LogP contribution in [0, 0.1) is 6.92 Å². The van der Waals surface area contributed by atoms with Crippen molar-refractivity contribution in [2.45, 2.75) is 64.8 Å². The number of hydrogen-bond donors (Lipinski definition) is 4. The summed E-state index contributed by atoms with van der Waals surface area (Å²) in [6, 6.07) is 12.6. The molecule has 8 heteroatoms. The zero-order chi connectivity index (χ0) is 24.3. The Morgan fingerprint density at radius 1 is 1.09 bits per heavy atom. The van der Waals surface area contributed by atoms with Gasteiger partial charge >= 0.3 is 12.1 Å². The average molecular weight is 446 g/mol. The number of likely N-dealkylation sites (N-methyl/N-ethyl adjacent to an activating group) is 1. The minimum atomic E-state index is -1.01. The van der Waals surface area contributed by atoms with E-state index in [9.17, 15) is 14.7 Å². The molecule has 0 saturated heterocycles. The van der Waals surface area contributed by atoms with Crippen LogP contribution in [0.1, 0.15) is 63.1 Å². The van der Waals surface area contributed by atoms with Gasteiger partial charge in [-0.1, -0.05) is 36.4 Å². The van der Waals surface area contributed by atoms with E-state index in [1.54, 1.807) is 39.1 Å². The highest BCUT2D eigenvalue weighted by molar-refractivity contribution is 5.72. The van der Waals surface area contributed by atoms with Gasteiger partial charge in [-0.25, -0.2) is 4.79 Å². The standard InChI is InChI=1S/C14H20N2O4.C10H15NO/c1-9-5-6-10(8-15-9)11(7-12(17)18)16-13(19)20-14(2,3)4;1-8(11-2)10(12)9-6-4-3-5-7-9/h5-6,8,11H,7H2,1-4H3,(H,16,19)(H,17,18);3-8,10-12H,1-2H3/t11-;8-,10+/m01/s1. The van der Waals surface area contributed by atoms with Crippen LogP contribution in [-0.2, 0) is 9.53 Å². The van der Waals surface area contributed by atoms with Gasteiger partial charge in [-0.3, -0.25) is 9.78 Å². The van der Waals surface area contributed by atoms with Gasteiger partial charge in [-0.05, 0) is 58.9 Å². The first-order chi connectivity index (χ1) is 14.9. The van der Waals surface area contributed by atoms with Crippen molar-refractivity contribution < 1.29 is 24.5 Å². The molecule has 0 bridgehead atoms. The number of carbonyl (C=O) groups is 2. The van der Waals surface area contributed by atoms with Crippen molar-refractivity contribution in [1.29, 1.82) is 0 Å². The molecule has 0 radical (unpaired) electrons. The van der Waals surface area contributed by atoms with E-state index in [1.807, 2.05) is 51.2 Å². The van der Waals surface area contributed by atoms with Gasteiger partial charge in [-0.2, -0.15) is 0 Å².